The van der Waals surface area contributed by atoms with Gasteiger partial charge in [0.15, 0.2) is 0 Å². The molecule has 0 radical (unpaired) electrons. The summed E-state index contributed by atoms with van der Waals surface area (Å²) in [6.07, 6.45) is 3.57. The molecule has 0 aliphatic rings. The zero-order valence-electron chi connectivity index (χ0n) is 19.6. The van der Waals surface area contributed by atoms with Crippen molar-refractivity contribution in [1.82, 2.24) is 4.57 Å². The van der Waals surface area contributed by atoms with Crippen LogP contribution in [0.5, 0.6) is 0 Å². The standard InChI is InChI=1S/C29H25N3O3/c1-3-35-29(34)22-12-14-25(15-13-22)31-28(33)23(17-30)16-24-19-32(27-7-5-4-6-26(24)27)18-21-10-8-20(2)9-11-21/h4-16,19H,3,18H2,1-2H3,(H,31,33)/b23-16+. The number of hydrogen-bond acceptors (Lipinski definition) is 4. The van der Waals surface area contributed by atoms with Crippen LogP contribution in [-0.2, 0) is 16.1 Å². The summed E-state index contributed by atoms with van der Waals surface area (Å²) in [7, 11) is 0. The minimum atomic E-state index is -0.522. The number of ether oxygens (including phenoxy) is 1. The van der Waals surface area contributed by atoms with Crippen LogP contribution < -0.4 is 5.32 Å². The van der Waals surface area contributed by atoms with E-state index in [0.29, 0.717) is 17.8 Å². The molecule has 1 N–H and O–H groups in total. The monoisotopic (exact) mass is 463 g/mol. The maximum atomic E-state index is 12.8. The van der Waals surface area contributed by atoms with E-state index in [9.17, 15) is 14.9 Å². The van der Waals surface area contributed by atoms with E-state index < -0.39 is 11.9 Å². The lowest BCUT2D eigenvalue weighted by Crippen LogP contribution is -2.13. The fourth-order valence-electron chi connectivity index (χ4n) is 3.82. The number of hydrogen-bond donors (Lipinski definition) is 1. The Morgan fingerprint density at radius 2 is 1.74 bits per heavy atom. The van der Waals surface area contributed by atoms with E-state index in [1.165, 1.54) is 5.56 Å². The second kappa shape index (κ2) is 10.5. The predicted octanol–water partition coefficient (Wildman–Crippen LogP) is 5.72. The predicted molar refractivity (Wildman–Crippen MR) is 137 cm³/mol. The van der Waals surface area contributed by atoms with Gasteiger partial charge in [0.25, 0.3) is 5.91 Å². The molecular weight excluding hydrogens is 438 g/mol. The van der Waals surface area contributed by atoms with Crippen LogP contribution in [0.4, 0.5) is 5.69 Å². The molecule has 6 nitrogen and oxygen atoms in total. The Balaban J connectivity index is 1.58. The van der Waals surface area contributed by atoms with Crippen molar-refractivity contribution in [3.8, 4) is 6.07 Å². The van der Waals surface area contributed by atoms with Gasteiger partial charge in [-0.3, -0.25) is 4.79 Å². The van der Waals surface area contributed by atoms with Crippen LogP contribution in [0.25, 0.3) is 17.0 Å². The maximum absolute atomic E-state index is 12.8. The molecule has 3 aromatic carbocycles. The number of carbonyl (C=O) groups excluding carboxylic acids is 2. The molecule has 0 aliphatic heterocycles. The molecule has 6 heteroatoms. The number of esters is 1. The normalized spacial score (nSPS) is 11.2. The zero-order valence-corrected chi connectivity index (χ0v) is 19.6. The molecule has 0 unspecified atom stereocenters. The first-order chi connectivity index (χ1) is 17.0. The minimum absolute atomic E-state index is 0.0160. The Labute approximate surface area is 204 Å². The first-order valence-electron chi connectivity index (χ1n) is 11.3. The number of aryl methyl sites for hydroxylation is 1. The van der Waals surface area contributed by atoms with Crippen molar-refractivity contribution in [2.75, 3.05) is 11.9 Å². The summed E-state index contributed by atoms with van der Waals surface area (Å²) in [5.74, 6) is -0.947. The second-order valence-corrected chi connectivity index (χ2v) is 8.14. The van der Waals surface area contributed by atoms with Gasteiger partial charge in [0.2, 0.25) is 0 Å². The first kappa shape index (κ1) is 23.5. The van der Waals surface area contributed by atoms with E-state index in [1.807, 2.05) is 36.5 Å². The lowest BCUT2D eigenvalue weighted by Gasteiger charge is -2.06. The summed E-state index contributed by atoms with van der Waals surface area (Å²) < 4.78 is 7.09. The average molecular weight is 464 g/mol. The Bertz CT molecular complexity index is 1440. The van der Waals surface area contributed by atoms with Crippen molar-refractivity contribution in [1.29, 1.82) is 5.26 Å². The lowest BCUT2D eigenvalue weighted by atomic mass is 10.1. The van der Waals surface area contributed by atoms with E-state index in [1.54, 1.807) is 37.3 Å². The zero-order chi connectivity index (χ0) is 24.8. The second-order valence-electron chi connectivity index (χ2n) is 8.14. The molecule has 0 spiro atoms. The third-order valence-electron chi connectivity index (χ3n) is 5.61. The van der Waals surface area contributed by atoms with Crippen molar-refractivity contribution in [3.63, 3.8) is 0 Å². The number of carbonyl (C=O) groups is 2. The summed E-state index contributed by atoms with van der Waals surface area (Å²) in [5, 5.41) is 13.4. The summed E-state index contributed by atoms with van der Waals surface area (Å²) in [6.45, 7) is 4.76. The third-order valence-corrected chi connectivity index (χ3v) is 5.61. The molecule has 4 aromatic rings. The highest BCUT2D eigenvalue weighted by molar-refractivity contribution is 6.11. The number of aromatic nitrogens is 1. The first-order valence-corrected chi connectivity index (χ1v) is 11.3. The molecule has 0 fully saturated rings. The van der Waals surface area contributed by atoms with Gasteiger partial charge < -0.3 is 14.6 Å². The van der Waals surface area contributed by atoms with E-state index >= 15 is 0 Å². The van der Waals surface area contributed by atoms with E-state index in [-0.39, 0.29) is 12.2 Å². The number of amides is 1. The molecule has 0 bridgehead atoms. The summed E-state index contributed by atoms with van der Waals surface area (Å²) in [5.41, 5.74) is 5.03. The molecule has 35 heavy (non-hydrogen) atoms. The highest BCUT2D eigenvalue weighted by Crippen LogP contribution is 2.25. The summed E-state index contributed by atoms with van der Waals surface area (Å²) in [4.78, 5) is 24.6. The fraction of sp³-hybridized carbons (Fsp3) is 0.138. The van der Waals surface area contributed by atoms with Gasteiger partial charge in [-0.25, -0.2) is 4.79 Å². The van der Waals surface area contributed by atoms with Crippen LogP contribution in [-0.4, -0.2) is 23.1 Å². The molecule has 0 aliphatic carbocycles. The van der Waals surface area contributed by atoms with Crippen molar-refractivity contribution in [2.45, 2.75) is 20.4 Å². The molecule has 174 valence electrons. The van der Waals surface area contributed by atoms with Gasteiger partial charge in [-0.2, -0.15) is 5.26 Å². The number of anilines is 1. The van der Waals surface area contributed by atoms with Crippen LogP contribution in [0.2, 0.25) is 0 Å². The number of benzene rings is 3. The van der Waals surface area contributed by atoms with Gasteiger partial charge >= 0.3 is 5.97 Å². The van der Waals surface area contributed by atoms with Crippen molar-refractivity contribution in [2.24, 2.45) is 0 Å². The molecule has 4 rings (SSSR count). The summed E-state index contributed by atoms with van der Waals surface area (Å²) >= 11 is 0. The van der Waals surface area contributed by atoms with Gasteiger partial charge in [0, 0.05) is 34.9 Å². The van der Waals surface area contributed by atoms with Crippen LogP contribution in [0.3, 0.4) is 0 Å². The highest BCUT2D eigenvalue weighted by Gasteiger charge is 2.14. The molecule has 1 amide bonds. The number of nitrogens with one attached hydrogen (secondary N) is 1. The Hall–Kier alpha value is -4.63. The van der Waals surface area contributed by atoms with Crippen molar-refractivity contribution in [3.05, 3.63) is 107 Å². The number of fused-ring (bicyclic) bond motifs is 1. The van der Waals surface area contributed by atoms with E-state index in [4.69, 9.17) is 4.74 Å². The smallest absolute Gasteiger partial charge is 0.338 e. The molecule has 1 heterocycles. The lowest BCUT2D eigenvalue weighted by molar-refractivity contribution is -0.112. The maximum Gasteiger partial charge on any atom is 0.338 e. The van der Waals surface area contributed by atoms with Gasteiger partial charge in [-0.15, -0.1) is 0 Å². The SMILES string of the molecule is CCOC(=O)c1ccc(NC(=O)/C(C#N)=C/c2cn(Cc3ccc(C)cc3)c3ccccc23)cc1. The Kier molecular flexibility index (Phi) is 7.08. The number of rotatable bonds is 7. The van der Waals surface area contributed by atoms with E-state index in [0.717, 1.165) is 22.0 Å². The number of nitrogens with zero attached hydrogens (tertiary/aromatic N) is 2. The Morgan fingerprint density at radius 3 is 2.43 bits per heavy atom. The van der Waals surface area contributed by atoms with Crippen LogP contribution >= 0.6 is 0 Å². The van der Waals surface area contributed by atoms with Gasteiger partial charge in [-0.05, 0) is 55.8 Å². The van der Waals surface area contributed by atoms with Crippen molar-refractivity contribution < 1.29 is 14.3 Å². The molecular formula is C29H25N3O3. The summed E-state index contributed by atoms with van der Waals surface area (Å²) in [6, 6.07) is 24.6. The quantitative estimate of drug-likeness (QED) is 0.216. The third kappa shape index (κ3) is 5.48. The average Bonchev–Trinajstić information content (AvgIpc) is 3.21. The number of para-hydroxylation sites is 1. The van der Waals surface area contributed by atoms with E-state index in [2.05, 4.69) is 41.1 Å². The van der Waals surface area contributed by atoms with Crippen LogP contribution in [0.15, 0.2) is 84.6 Å². The molecule has 0 saturated heterocycles. The highest BCUT2D eigenvalue weighted by atomic mass is 16.5. The van der Waals surface area contributed by atoms with Gasteiger partial charge in [0.05, 0.1) is 12.2 Å². The topological polar surface area (TPSA) is 84.1 Å². The minimum Gasteiger partial charge on any atom is -0.462 e. The van der Waals surface area contributed by atoms with Crippen LogP contribution in [0.1, 0.15) is 34.0 Å². The number of nitriles is 1. The molecule has 1 aromatic heterocycles. The van der Waals surface area contributed by atoms with Gasteiger partial charge in [0.1, 0.15) is 11.6 Å². The van der Waals surface area contributed by atoms with Crippen molar-refractivity contribution >= 4 is 34.5 Å². The Morgan fingerprint density at radius 1 is 1.03 bits per heavy atom. The largest absolute Gasteiger partial charge is 0.462 e. The molecule has 0 saturated carbocycles. The van der Waals surface area contributed by atoms with Gasteiger partial charge in [-0.1, -0.05) is 48.0 Å². The fourth-order valence-corrected chi connectivity index (χ4v) is 3.82. The molecule has 0 atom stereocenters. The van der Waals surface area contributed by atoms with Crippen LogP contribution in [0, 0.1) is 18.3 Å².